The minimum absolute atomic E-state index is 0.522. The van der Waals surface area contributed by atoms with E-state index < -0.39 is 12.0 Å². The van der Waals surface area contributed by atoms with E-state index in [-0.39, 0.29) is 0 Å². The van der Waals surface area contributed by atoms with Crippen LogP contribution < -0.4 is 0 Å². The van der Waals surface area contributed by atoms with Crippen molar-refractivity contribution >= 4 is 5.97 Å². The fraction of sp³-hybridized carbons (Fsp3) is 0.238. The van der Waals surface area contributed by atoms with Crippen molar-refractivity contribution in [2.75, 3.05) is 6.54 Å². The van der Waals surface area contributed by atoms with Gasteiger partial charge in [0.1, 0.15) is 17.5 Å². The Kier molecular flexibility index (Phi) is 4.31. The Hall–Kier alpha value is -2.92. The van der Waals surface area contributed by atoms with Crippen molar-refractivity contribution in [3.8, 4) is 22.4 Å². The number of hydrogen-bond donors (Lipinski definition) is 1. The Labute approximate surface area is 151 Å². The van der Waals surface area contributed by atoms with Gasteiger partial charge >= 0.3 is 5.97 Å². The third kappa shape index (κ3) is 3.02. The molecule has 4 rings (SSSR count). The SMILES string of the molecule is CC(C(=O)O)N1CCc2onc(-c3ccc(-c4ccccc4)cc3)c2C1. The van der Waals surface area contributed by atoms with E-state index in [0.717, 1.165) is 28.1 Å². The molecule has 0 bridgehead atoms. The fourth-order valence-electron chi connectivity index (χ4n) is 3.39. The lowest BCUT2D eigenvalue weighted by Crippen LogP contribution is -2.41. The number of fused-ring (bicyclic) bond motifs is 1. The first kappa shape index (κ1) is 16.5. The summed E-state index contributed by atoms with van der Waals surface area (Å²) < 4.78 is 5.52. The summed E-state index contributed by atoms with van der Waals surface area (Å²) in [6.45, 7) is 2.93. The second-order valence-electron chi connectivity index (χ2n) is 6.61. The molecule has 5 nitrogen and oxygen atoms in total. The van der Waals surface area contributed by atoms with Gasteiger partial charge in [0, 0.05) is 30.6 Å². The highest BCUT2D eigenvalue weighted by atomic mass is 16.5. The largest absolute Gasteiger partial charge is 0.480 e. The van der Waals surface area contributed by atoms with Crippen molar-refractivity contribution in [3.63, 3.8) is 0 Å². The molecule has 0 saturated carbocycles. The van der Waals surface area contributed by atoms with Gasteiger partial charge in [0.2, 0.25) is 0 Å². The number of carbonyl (C=O) groups is 1. The lowest BCUT2D eigenvalue weighted by Gasteiger charge is -2.29. The molecule has 1 N–H and O–H groups in total. The molecule has 1 aliphatic heterocycles. The smallest absolute Gasteiger partial charge is 0.320 e. The normalized spacial score (nSPS) is 15.4. The minimum atomic E-state index is -0.807. The van der Waals surface area contributed by atoms with Gasteiger partial charge in [0.05, 0.1) is 0 Å². The molecule has 0 radical (unpaired) electrons. The van der Waals surface area contributed by atoms with Crippen LogP contribution in [0.15, 0.2) is 59.1 Å². The highest BCUT2D eigenvalue weighted by Gasteiger charge is 2.29. The number of rotatable bonds is 4. The van der Waals surface area contributed by atoms with Gasteiger partial charge in [-0.15, -0.1) is 0 Å². The Balaban J connectivity index is 1.62. The second kappa shape index (κ2) is 6.77. The summed E-state index contributed by atoms with van der Waals surface area (Å²) in [7, 11) is 0. The van der Waals surface area contributed by atoms with Gasteiger partial charge < -0.3 is 9.63 Å². The maximum atomic E-state index is 11.3. The molecule has 1 atom stereocenters. The molecule has 132 valence electrons. The summed E-state index contributed by atoms with van der Waals surface area (Å²) in [5, 5.41) is 13.5. The summed E-state index contributed by atoms with van der Waals surface area (Å²) in [4.78, 5) is 13.2. The van der Waals surface area contributed by atoms with Gasteiger partial charge in [-0.2, -0.15) is 0 Å². The first-order valence-electron chi connectivity index (χ1n) is 8.73. The molecule has 1 aromatic heterocycles. The Morgan fingerprint density at radius 1 is 1.08 bits per heavy atom. The third-order valence-electron chi connectivity index (χ3n) is 5.03. The number of aromatic nitrogens is 1. The molecule has 2 heterocycles. The van der Waals surface area contributed by atoms with E-state index in [1.54, 1.807) is 6.92 Å². The topological polar surface area (TPSA) is 66.6 Å². The van der Waals surface area contributed by atoms with Gasteiger partial charge in [-0.1, -0.05) is 59.8 Å². The Morgan fingerprint density at radius 2 is 1.73 bits per heavy atom. The first-order chi connectivity index (χ1) is 12.6. The van der Waals surface area contributed by atoms with Crippen LogP contribution >= 0.6 is 0 Å². The summed E-state index contributed by atoms with van der Waals surface area (Å²) in [5.41, 5.74) is 5.11. The molecule has 1 aliphatic rings. The van der Waals surface area contributed by atoms with Crippen LogP contribution in [-0.4, -0.2) is 33.7 Å². The zero-order valence-electron chi connectivity index (χ0n) is 14.6. The van der Waals surface area contributed by atoms with Crippen molar-refractivity contribution < 1.29 is 14.4 Å². The summed E-state index contributed by atoms with van der Waals surface area (Å²) >= 11 is 0. The fourth-order valence-corrected chi connectivity index (χ4v) is 3.39. The number of hydrogen-bond acceptors (Lipinski definition) is 4. The van der Waals surface area contributed by atoms with Crippen LogP contribution in [0.4, 0.5) is 0 Å². The van der Waals surface area contributed by atoms with E-state index in [1.165, 1.54) is 5.56 Å². The van der Waals surface area contributed by atoms with Crippen molar-refractivity contribution in [2.24, 2.45) is 0 Å². The maximum absolute atomic E-state index is 11.3. The molecular formula is C21H20N2O3. The van der Waals surface area contributed by atoms with Crippen molar-refractivity contribution in [2.45, 2.75) is 25.9 Å². The quantitative estimate of drug-likeness (QED) is 0.776. The second-order valence-corrected chi connectivity index (χ2v) is 6.61. The summed E-state index contributed by atoms with van der Waals surface area (Å²) in [6, 6.07) is 17.9. The van der Waals surface area contributed by atoms with E-state index in [1.807, 2.05) is 35.2 Å². The van der Waals surface area contributed by atoms with Crippen LogP contribution in [0, 0.1) is 0 Å². The highest BCUT2D eigenvalue weighted by molar-refractivity contribution is 5.73. The zero-order valence-corrected chi connectivity index (χ0v) is 14.6. The number of nitrogens with zero attached hydrogens (tertiary/aromatic N) is 2. The summed E-state index contributed by atoms with van der Waals surface area (Å²) in [6.07, 6.45) is 0.683. The number of carboxylic acids is 1. The molecular weight excluding hydrogens is 328 g/mol. The van der Waals surface area contributed by atoms with E-state index in [4.69, 9.17) is 4.52 Å². The average Bonchev–Trinajstić information content (AvgIpc) is 3.11. The van der Waals surface area contributed by atoms with Crippen LogP contribution in [0.25, 0.3) is 22.4 Å². The predicted molar refractivity (Wildman–Crippen MR) is 98.6 cm³/mol. The number of aliphatic carboxylic acids is 1. The Morgan fingerprint density at radius 3 is 2.42 bits per heavy atom. The lowest BCUT2D eigenvalue weighted by molar-refractivity contribution is -0.143. The van der Waals surface area contributed by atoms with Crippen molar-refractivity contribution in [1.82, 2.24) is 10.1 Å². The van der Waals surface area contributed by atoms with E-state index in [9.17, 15) is 9.90 Å². The number of carboxylic acid groups (broad SMARTS) is 1. The van der Waals surface area contributed by atoms with Gasteiger partial charge in [-0.05, 0) is 18.1 Å². The van der Waals surface area contributed by atoms with Gasteiger partial charge in [-0.25, -0.2) is 0 Å². The standard InChI is InChI=1S/C21H20N2O3/c1-14(21(24)25)23-12-11-19-18(13-23)20(22-26-19)17-9-7-16(8-10-17)15-5-3-2-4-6-15/h2-10,14H,11-13H2,1H3,(H,24,25). The molecule has 0 fully saturated rings. The van der Waals surface area contributed by atoms with Crippen LogP contribution in [0.2, 0.25) is 0 Å². The van der Waals surface area contributed by atoms with Crippen LogP contribution in [-0.2, 0) is 17.8 Å². The maximum Gasteiger partial charge on any atom is 0.320 e. The van der Waals surface area contributed by atoms with E-state index in [0.29, 0.717) is 19.5 Å². The van der Waals surface area contributed by atoms with Gasteiger partial charge in [-0.3, -0.25) is 9.69 Å². The summed E-state index contributed by atoms with van der Waals surface area (Å²) in [5.74, 6) is 0.0552. The molecule has 3 aromatic rings. The molecule has 26 heavy (non-hydrogen) atoms. The lowest BCUT2D eigenvalue weighted by atomic mass is 9.98. The van der Waals surface area contributed by atoms with Crippen LogP contribution in [0.5, 0.6) is 0 Å². The highest BCUT2D eigenvalue weighted by Crippen LogP contribution is 2.32. The zero-order chi connectivity index (χ0) is 18.1. The molecule has 0 spiro atoms. The van der Waals surface area contributed by atoms with E-state index >= 15 is 0 Å². The van der Waals surface area contributed by atoms with Crippen molar-refractivity contribution in [3.05, 3.63) is 65.9 Å². The minimum Gasteiger partial charge on any atom is -0.480 e. The number of benzene rings is 2. The van der Waals surface area contributed by atoms with Crippen LogP contribution in [0.3, 0.4) is 0 Å². The predicted octanol–water partition coefficient (Wildman–Crippen LogP) is 3.84. The molecule has 5 heteroatoms. The average molecular weight is 348 g/mol. The molecule has 1 unspecified atom stereocenters. The first-order valence-corrected chi connectivity index (χ1v) is 8.73. The van der Waals surface area contributed by atoms with E-state index in [2.05, 4.69) is 29.4 Å². The van der Waals surface area contributed by atoms with Crippen molar-refractivity contribution in [1.29, 1.82) is 0 Å². The van der Waals surface area contributed by atoms with Gasteiger partial charge in [0.15, 0.2) is 0 Å². The molecule has 0 amide bonds. The monoisotopic (exact) mass is 348 g/mol. The Bertz CT molecular complexity index is 916. The van der Waals surface area contributed by atoms with Gasteiger partial charge in [0.25, 0.3) is 0 Å². The third-order valence-corrected chi connectivity index (χ3v) is 5.03. The van der Waals surface area contributed by atoms with Crippen LogP contribution in [0.1, 0.15) is 18.2 Å². The molecule has 0 saturated heterocycles. The molecule has 2 aromatic carbocycles. The molecule has 0 aliphatic carbocycles.